The first-order chi connectivity index (χ1) is 24.3. The first kappa shape index (κ1) is 27.5. The Kier molecular flexibility index (Phi) is 6.15. The molecule has 10 rings (SSSR count). The normalized spacial score (nSPS) is 11.7. The molecule has 0 aliphatic rings. The van der Waals surface area contributed by atoms with Crippen LogP contribution in [0.4, 0.5) is 0 Å². The lowest BCUT2D eigenvalue weighted by Gasteiger charge is -2.10. The quantitative estimate of drug-likeness (QED) is 0.190. The molecule has 4 nitrogen and oxygen atoms in total. The van der Waals surface area contributed by atoms with Gasteiger partial charge in [0.15, 0.2) is 0 Å². The number of nitrogens with zero attached hydrogens (tertiary/aromatic N) is 3. The van der Waals surface area contributed by atoms with Crippen LogP contribution in [0.2, 0.25) is 0 Å². The van der Waals surface area contributed by atoms with Crippen molar-refractivity contribution in [3.63, 3.8) is 0 Å². The molecule has 0 atom stereocenters. The summed E-state index contributed by atoms with van der Waals surface area (Å²) in [5.74, 6) is 0. The maximum absolute atomic E-state index is 5.93. The Labute approximate surface area is 282 Å². The number of rotatable bonds is 5. The largest absolute Gasteiger partial charge is 0.471 e. The van der Waals surface area contributed by atoms with Gasteiger partial charge in [0.25, 0.3) is 0 Å². The fraction of sp³-hybridized carbons (Fsp3) is 0. The molecular formula is C45H29N3O. The van der Waals surface area contributed by atoms with Crippen molar-refractivity contribution in [1.82, 2.24) is 14.1 Å². The van der Waals surface area contributed by atoms with Crippen LogP contribution < -0.4 is 0 Å². The van der Waals surface area contributed by atoms with Crippen LogP contribution in [0.5, 0.6) is 0 Å². The summed E-state index contributed by atoms with van der Waals surface area (Å²) in [7, 11) is 0. The molecule has 0 saturated heterocycles. The van der Waals surface area contributed by atoms with Gasteiger partial charge in [0.1, 0.15) is 0 Å². The highest BCUT2D eigenvalue weighted by molar-refractivity contribution is 6.12. The molecular weight excluding hydrogens is 599 g/mol. The molecule has 0 aliphatic heterocycles. The fourth-order valence-electron chi connectivity index (χ4n) is 7.47. The van der Waals surface area contributed by atoms with E-state index in [1.165, 1.54) is 38.1 Å². The summed E-state index contributed by atoms with van der Waals surface area (Å²) < 4.78 is 10.6. The number of benzene rings is 6. The number of hydrogen-bond acceptors (Lipinski definition) is 2. The summed E-state index contributed by atoms with van der Waals surface area (Å²) in [6.07, 6.45) is 5.59. The molecule has 0 amide bonds. The Balaban J connectivity index is 1.10. The minimum atomic E-state index is 0.970. The lowest BCUT2D eigenvalue weighted by atomic mass is 9.96. The highest BCUT2D eigenvalue weighted by Gasteiger charge is 2.18. The zero-order valence-electron chi connectivity index (χ0n) is 26.5. The van der Waals surface area contributed by atoms with Gasteiger partial charge in [-0.15, -0.1) is 0 Å². The third kappa shape index (κ3) is 4.35. The molecule has 10 aromatic rings. The molecule has 6 aromatic carbocycles. The Morgan fingerprint density at radius 3 is 1.45 bits per heavy atom. The van der Waals surface area contributed by atoms with Crippen LogP contribution in [-0.4, -0.2) is 14.1 Å². The number of pyridine rings is 1. The van der Waals surface area contributed by atoms with E-state index in [1.54, 1.807) is 0 Å². The SMILES string of the molecule is c1ccc(-n2c3ccccc3c3cc(-c4cocc4-c4ccc5c(c4)c4ccccc4n5-c4ccc(-c5ccccn5)cc4)ccc32)cc1. The lowest BCUT2D eigenvalue weighted by molar-refractivity contribution is 0.569. The summed E-state index contributed by atoms with van der Waals surface area (Å²) in [6, 6.07) is 56.1. The predicted octanol–water partition coefficient (Wildman–Crippen LogP) is 11.9. The maximum atomic E-state index is 5.93. The Morgan fingerprint density at radius 1 is 0.388 bits per heavy atom. The Morgan fingerprint density at radius 2 is 0.878 bits per heavy atom. The average molecular weight is 628 g/mol. The van der Waals surface area contributed by atoms with E-state index in [-0.39, 0.29) is 0 Å². The summed E-state index contributed by atoms with van der Waals surface area (Å²) in [4.78, 5) is 4.53. The zero-order valence-corrected chi connectivity index (χ0v) is 26.5. The predicted molar refractivity (Wildman–Crippen MR) is 201 cm³/mol. The second-order valence-electron chi connectivity index (χ2n) is 12.5. The van der Waals surface area contributed by atoms with E-state index in [0.717, 1.165) is 50.4 Å². The molecule has 230 valence electrons. The van der Waals surface area contributed by atoms with Crippen LogP contribution in [-0.2, 0) is 0 Å². The van der Waals surface area contributed by atoms with Crippen molar-refractivity contribution < 1.29 is 4.42 Å². The molecule has 4 heteroatoms. The minimum Gasteiger partial charge on any atom is -0.471 e. The molecule has 0 bridgehead atoms. The van der Waals surface area contributed by atoms with Crippen LogP contribution in [0, 0.1) is 0 Å². The fourth-order valence-corrected chi connectivity index (χ4v) is 7.47. The van der Waals surface area contributed by atoms with E-state index >= 15 is 0 Å². The van der Waals surface area contributed by atoms with E-state index in [9.17, 15) is 0 Å². The molecule has 4 aromatic heterocycles. The first-order valence-electron chi connectivity index (χ1n) is 16.5. The van der Waals surface area contributed by atoms with Gasteiger partial charge in [-0.25, -0.2) is 0 Å². The number of furan rings is 1. The lowest BCUT2D eigenvalue weighted by Crippen LogP contribution is -1.94. The van der Waals surface area contributed by atoms with Crippen LogP contribution >= 0.6 is 0 Å². The highest BCUT2D eigenvalue weighted by Crippen LogP contribution is 2.41. The highest BCUT2D eigenvalue weighted by atomic mass is 16.3. The standard InChI is InChI=1S/C45H29N3O/c1-2-10-33(11-3-1)47-42-15-6-4-12-35(42)37-26-31(19-23-44(37)47)39-28-49-29-40(39)32-20-24-45-38(27-32)36-13-5-7-16-43(36)48(45)34-21-17-30(18-22-34)41-14-8-9-25-46-41/h1-29H. The number of hydrogen-bond donors (Lipinski definition) is 0. The molecule has 0 saturated carbocycles. The minimum absolute atomic E-state index is 0.970. The van der Waals surface area contributed by atoms with Crippen LogP contribution in [0.3, 0.4) is 0 Å². The molecule has 0 unspecified atom stereocenters. The third-order valence-electron chi connectivity index (χ3n) is 9.73. The topological polar surface area (TPSA) is 35.9 Å². The maximum Gasteiger partial charge on any atom is 0.0987 e. The van der Waals surface area contributed by atoms with Crippen molar-refractivity contribution in [3.05, 3.63) is 176 Å². The summed E-state index contributed by atoms with van der Waals surface area (Å²) in [5.41, 5.74) is 13.5. The van der Waals surface area contributed by atoms with E-state index in [4.69, 9.17) is 4.42 Å². The van der Waals surface area contributed by atoms with Gasteiger partial charge in [-0.05, 0) is 83.9 Å². The first-order valence-corrected chi connectivity index (χ1v) is 16.5. The van der Waals surface area contributed by atoms with Crippen molar-refractivity contribution in [3.8, 4) is 44.9 Å². The van der Waals surface area contributed by atoms with E-state index < -0.39 is 0 Å². The Hall–Kier alpha value is -6.65. The van der Waals surface area contributed by atoms with Crippen molar-refractivity contribution in [2.75, 3.05) is 0 Å². The van der Waals surface area contributed by atoms with Crippen molar-refractivity contribution in [1.29, 1.82) is 0 Å². The second kappa shape index (κ2) is 11.0. The molecule has 0 fully saturated rings. The van der Waals surface area contributed by atoms with Gasteiger partial charge < -0.3 is 13.6 Å². The molecule has 4 heterocycles. The molecule has 0 aliphatic carbocycles. The van der Waals surface area contributed by atoms with Gasteiger partial charge >= 0.3 is 0 Å². The Bertz CT molecular complexity index is 2800. The summed E-state index contributed by atoms with van der Waals surface area (Å²) >= 11 is 0. The van der Waals surface area contributed by atoms with E-state index in [1.807, 2.05) is 36.9 Å². The average Bonchev–Trinajstić information content (AvgIpc) is 3.88. The van der Waals surface area contributed by atoms with E-state index in [0.29, 0.717) is 0 Å². The van der Waals surface area contributed by atoms with Crippen molar-refractivity contribution in [2.45, 2.75) is 0 Å². The molecule has 0 N–H and O–H groups in total. The number of para-hydroxylation sites is 3. The summed E-state index contributed by atoms with van der Waals surface area (Å²) in [5, 5.41) is 4.87. The number of fused-ring (bicyclic) bond motifs is 6. The third-order valence-corrected chi connectivity index (χ3v) is 9.73. The molecule has 0 radical (unpaired) electrons. The van der Waals surface area contributed by atoms with Gasteiger partial charge in [0.05, 0.1) is 40.3 Å². The number of aromatic nitrogens is 3. The van der Waals surface area contributed by atoms with Gasteiger partial charge in [0, 0.05) is 55.8 Å². The monoisotopic (exact) mass is 627 g/mol. The van der Waals surface area contributed by atoms with Gasteiger partial charge in [-0.3, -0.25) is 4.98 Å². The van der Waals surface area contributed by atoms with Crippen LogP contribution in [0.25, 0.3) is 88.5 Å². The summed E-state index contributed by atoms with van der Waals surface area (Å²) in [6.45, 7) is 0. The van der Waals surface area contributed by atoms with Gasteiger partial charge in [-0.1, -0.05) is 84.9 Å². The van der Waals surface area contributed by atoms with E-state index in [2.05, 4.69) is 154 Å². The molecule has 49 heavy (non-hydrogen) atoms. The van der Waals surface area contributed by atoms with Gasteiger partial charge in [-0.2, -0.15) is 0 Å². The van der Waals surface area contributed by atoms with Crippen molar-refractivity contribution in [2.24, 2.45) is 0 Å². The van der Waals surface area contributed by atoms with Gasteiger partial charge in [0.2, 0.25) is 0 Å². The van der Waals surface area contributed by atoms with Crippen LogP contribution in [0.1, 0.15) is 0 Å². The smallest absolute Gasteiger partial charge is 0.0987 e. The second-order valence-corrected chi connectivity index (χ2v) is 12.5. The zero-order chi connectivity index (χ0) is 32.3. The van der Waals surface area contributed by atoms with Crippen LogP contribution in [0.15, 0.2) is 181 Å². The molecule has 0 spiro atoms. The van der Waals surface area contributed by atoms with Crippen molar-refractivity contribution >= 4 is 43.6 Å².